The van der Waals surface area contributed by atoms with Crippen molar-refractivity contribution >= 4 is 13.7 Å². The van der Waals surface area contributed by atoms with Crippen LogP contribution in [0.1, 0.15) is 251 Å². The Morgan fingerprint density at radius 1 is 0.556 bits per heavy atom. The van der Waals surface area contributed by atoms with E-state index in [0.29, 0.717) is 17.4 Å². The number of likely N-dealkylation sites (N-methyl/N-ethyl adjacent to an activating group) is 1. The first-order valence-electron chi connectivity index (χ1n) is 26.9. The number of hydrogen-bond acceptors (Lipinski definition) is 6. The third-order valence-corrected chi connectivity index (χ3v) is 13.1. The molecule has 0 aromatic rings. The van der Waals surface area contributed by atoms with Gasteiger partial charge < -0.3 is 28.8 Å². The molecule has 1 amide bonds. The molecule has 0 spiro atoms. The average molecular weight is 909 g/mol. The fraction of sp³-hybridized carbons (Fsp3) is 0.870. The molecule has 0 saturated carbocycles. The van der Waals surface area contributed by atoms with Crippen LogP contribution in [0.5, 0.6) is 0 Å². The summed E-state index contributed by atoms with van der Waals surface area (Å²) in [6, 6.07) is -0.890. The molecule has 372 valence electrons. The van der Waals surface area contributed by atoms with Crippen molar-refractivity contribution in [1.29, 1.82) is 0 Å². The van der Waals surface area contributed by atoms with E-state index in [1.807, 2.05) is 27.2 Å². The van der Waals surface area contributed by atoms with Crippen LogP contribution in [0.15, 0.2) is 36.5 Å². The van der Waals surface area contributed by atoms with Gasteiger partial charge in [0.2, 0.25) is 5.91 Å². The first-order chi connectivity index (χ1) is 30.5. The lowest BCUT2D eigenvalue weighted by Crippen LogP contribution is -2.45. The third kappa shape index (κ3) is 48.5. The number of rotatable bonds is 49. The van der Waals surface area contributed by atoms with Gasteiger partial charge in [0.05, 0.1) is 39.9 Å². The van der Waals surface area contributed by atoms with Crippen LogP contribution in [-0.4, -0.2) is 68.5 Å². The Balaban J connectivity index is 4.29. The Morgan fingerprint density at radius 3 is 1.32 bits per heavy atom. The Labute approximate surface area is 391 Å². The quantitative estimate of drug-likeness (QED) is 0.0272. The minimum absolute atomic E-state index is 0.00251. The number of nitrogens with zero attached hydrogens (tertiary/aromatic N) is 1. The summed E-state index contributed by atoms with van der Waals surface area (Å²) in [4.78, 5) is 25.4. The zero-order chi connectivity index (χ0) is 46.4. The summed E-state index contributed by atoms with van der Waals surface area (Å²) >= 11 is 0. The van der Waals surface area contributed by atoms with Crippen LogP contribution in [0.2, 0.25) is 0 Å². The highest BCUT2D eigenvalue weighted by Gasteiger charge is 2.23. The molecule has 0 aliphatic heterocycles. The fourth-order valence-corrected chi connectivity index (χ4v) is 8.55. The second-order valence-corrected chi connectivity index (χ2v) is 21.0. The molecule has 0 aliphatic carbocycles. The summed E-state index contributed by atoms with van der Waals surface area (Å²) in [7, 11) is 1.26. The Bertz CT molecular complexity index is 1120. The lowest BCUT2D eigenvalue weighted by molar-refractivity contribution is -0.870. The fourth-order valence-electron chi connectivity index (χ4n) is 7.83. The largest absolute Gasteiger partial charge is 0.756 e. The van der Waals surface area contributed by atoms with Crippen LogP contribution in [-0.2, 0) is 18.4 Å². The van der Waals surface area contributed by atoms with Gasteiger partial charge in [0.1, 0.15) is 13.2 Å². The molecule has 0 saturated heterocycles. The van der Waals surface area contributed by atoms with Gasteiger partial charge in [-0.1, -0.05) is 230 Å². The van der Waals surface area contributed by atoms with Crippen LogP contribution < -0.4 is 10.2 Å². The van der Waals surface area contributed by atoms with Crippen LogP contribution in [0.3, 0.4) is 0 Å². The topological polar surface area (TPSA) is 108 Å². The minimum Gasteiger partial charge on any atom is -0.756 e. The van der Waals surface area contributed by atoms with E-state index in [1.54, 1.807) is 6.08 Å². The number of aliphatic hydroxyl groups excluding tert-OH is 1. The summed E-state index contributed by atoms with van der Waals surface area (Å²) in [6.45, 7) is 4.66. The van der Waals surface area contributed by atoms with E-state index >= 15 is 0 Å². The number of nitrogens with one attached hydrogen (secondary N) is 1. The first-order valence-corrected chi connectivity index (χ1v) is 28.3. The molecule has 2 N–H and O–H groups in total. The predicted octanol–water partition coefficient (Wildman–Crippen LogP) is 15.2. The summed E-state index contributed by atoms with van der Waals surface area (Å²) in [5, 5.41) is 13.9. The molecule has 0 fully saturated rings. The van der Waals surface area contributed by atoms with Crippen molar-refractivity contribution in [1.82, 2.24) is 5.32 Å². The van der Waals surface area contributed by atoms with Crippen molar-refractivity contribution in [2.75, 3.05) is 40.9 Å². The van der Waals surface area contributed by atoms with Crippen molar-refractivity contribution in [3.8, 4) is 0 Å². The van der Waals surface area contributed by atoms with E-state index in [2.05, 4.69) is 43.5 Å². The van der Waals surface area contributed by atoms with Gasteiger partial charge in [-0.25, -0.2) is 0 Å². The van der Waals surface area contributed by atoms with Gasteiger partial charge in [0, 0.05) is 6.42 Å². The maximum atomic E-state index is 12.9. The second-order valence-electron chi connectivity index (χ2n) is 19.6. The summed E-state index contributed by atoms with van der Waals surface area (Å²) in [5.41, 5.74) is 0. The average Bonchev–Trinajstić information content (AvgIpc) is 3.24. The molecular weight excluding hydrogens is 804 g/mol. The van der Waals surface area contributed by atoms with Gasteiger partial charge in [-0.15, -0.1) is 0 Å². The maximum absolute atomic E-state index is 12.9. The normalized spacial score (nSPS) is 14.3. The maximum Gasteiger partial charge on any atom is 0.268 e. The van der Waals surface area contributed by atoms with E-state index in [1.165, 1.54) is 180 Å². The molecule has 3 unspecified atom stereocenters. The van der Waals surface area contributed by atoms with Gasteiger partial charge in [-0.3, -0.25) is 9.36 Å². The summed E-state index contributed by atoms with van der Waals surface area (Å²) in [5.74, 6) is -0.203. The highest BCUT2D eigenvalue weighted by Crippen LogP contribution is 2.38. The Kier molecular flexibility index (Phi) is 44.9. The van der Waals surface area contributed by atoms with Crippen molar-refractivity contribution in [2.45, 2.75) is 264 Å². The Hall–Kier alpha value is -1.28. The van der Waals surface area contributed by atoms with Crippen LogP contribution in [0, 0.1) is 0 Å². The monoisotopic (exact) mass is 909 g/mol. The van der Waals surface area contributed by atoms with E-state index in [-0.39, 0.29) is 19.1 Å². The molecule has 9 heteroatoms. The van der Waals surface area contributed by atoms with Crippen LogP contribution in [0.25, 0.3) is 0 Å². The molecule has 8 nitrogen and oxygen atoms in total. The molecule has 63 heavy (non-hydrogen) atoms. The lowest BCUT2D eigenvalue weighted by atomic mass is 10.0. The van der Waals surface area contributed by atoms with Crippen molar-refractivity contribution in [3.05, 3.63) is 36.5 Å². The lowest BCUT2D eigenvalue weighted by Gasteiger charge is -2.29. The number of allylic oxidation sites excluding steroid dienone is 5. The van der Waals surface area contributed by atoms with Gasteiger partial charge in [0.25, 0.3) is 7.82 Å². The van der Waals surface area contributed by atoms with E-state index in [9.17, 15) is 19.4 Å². The molecule has 0 aromatic heterocycles. The number of phosphoric ester groups is 1. The van der Waals surface area contributed by atoms with Gasteiger partial charge in [0.15, 0.2) is 0 Å². The Morgan fingerprint density at radius 2 is 0.921 bits per heavy atom. The molecule has 0 aliphatic rings. The zero-order valence-electron chi connectivity index (χ0n) is 42.3. The van der Waals surface area contributed by atoms with Gasteiger partial charge in [-0.05, 0) is 51.4 Å². The molecule has 0 radical (unpaired) electrons. The number of amides is 1. The SMILES string of the molecule is CCCCCCCCCCC/C=C\C/C=C\CCCCCCCCCC(=O)NC(COP(=O)([O-])OCC[N+](C)(C)C)C(O)/C=C/CCCCCCCCCCCCCCCCCC. The van der Waals surface area contributed by atoms with Gasteiger partial charge in [-0.2, -0.15) is 0 Å². The summed E-state index contributed by atoms with van der Waals surface area (Å²) in [6.07, 6.45) is 57.7. The number of unbranched alkanes of at least 4 members (excludes halogenated alkanes) is 32. The number of carbonyl (C=O) groups excluding carboxylic acids is 1. The number of quaternary nitrogens is 1. The number of hydrogen-bond donors (Lipinski definition) is 2. The first kappa shape index (κ1) is 61.7. The minimum atomic E-state index is -4.60. The molecule has 0 heterocycles. The molecule has 0 bridgehead atoms. The number of phosphoric acid groups is 1. The standard InChI is InChI=1S/C54H105N2O6P/c1-6-8-10-12-14-16-18-20-22-24-26-27-28-29-30-32-34-36-38-40-42-44-46-48-54(58)55-52(51-62-63(59,60)61-50-49-56(3,4)5)53(57)47-45-43-41-39-37-35-33-31-25-23-21-19-17-15-13-11-9-7-2/h26-27,29-30,45,47,52-53,57H,6-25,28,31-44,46,48-51H2,1-5H3,(H-,55,58,59,60)/b27-26-,30-29-,47-45+. The van der Waals surface area contributed by atoms with Crippen molar-refractivity contribution in [2.24, 2.45) is 0 Å². The van der Waals surface area contributed by atoms with E-state index < -0.39 is 20.0 Å². The highest BCUT2D eigenvalue weighted by molar-refractivity contribution is 7.45. The number of carbonyl (C=O) groups is 1. The molecule has 0 rings (SSSR count). The summed E-state index contributed by atoms with van der Waals surface area (Å²) < 4.78 is 23.3. The van der Waals surface area contributed by atoms with Crippen molar-refractivity contribution in [3.63, 3.8) is 0 Å². The third-order valence-electron chi connectivity index (χ3n) is 12.1. The van der Waals surface area contributed by atoms with Gasteiger partial charge >= 0.3 is 0 Å². The van der Waals surface area contributed by atoms with Crippen LogP contribution in [0.4, 0.5) is 0 Å². The second kappa shape index (κ2) is 45.9. The van der Waals surface area contributed by atoms with Crippen molar-refractivity contribution < 1.29 is 32.9 Å². The highest BCUT2D eigenvalue weighted by atomic mass is 31.2. The zero-order valence-corrected chi connectivity index (χ0v) is 43.2. The smallest absolute Gasteiger partial charge is 0.268 e. The van der Waals surface area contributed by atoms with Crippen LogP contribution >= 0.6 is 7.82 Å². The molecule has 0 aromatic carbocycles. The molecule has 3 atom stereocenters. The predicted molar refractivity (Wildman–Crippen MR) is 270 cm³/mol. The molecular formula is C54H105N2O6P. The van der Waals surface area contributed by atoms with E-state index in [0.717, 1.165) is 51.4 Å². The van der Waals surface area contributed by atoms with E-state index in [4.69, 9.17) is 9.05 Å². The number of aliphatic hydroxyl groups is 1.